The first-order chi connectivity index (χ1) is 11.5. The molecule has 0 saturated carbocycles. The highest BCUT2D eigenvalue weighted by molar-refractivity contribution is 6.30. The molecule has 1 amide bonds. The van der Waals surface area contributed by atoms with Gasteiger partial charge in [-0.05, 0) is 30.0 Å². The Bertz CT molecular complexity index is 639. The van der Waals surface area contributed by atoms with E-state index >= 15 is 0 Å². The summed E-state index contributed by atoms with van der Waals surface area (Å²) in [5, 5.41) is 9.93. The lowest BCUT2D eigenvalue weighted by atomic mass is 9.88. The summed E-state index contributed by atoms with van der Waals surface area (Å²) in [4.78, 5) is 26.1. The van der Waals surface area contributed by atoms with Gasteiger partial charge in [0.05, 0.1) is 17.9 Å². The third kappa shape index (κ3) is 3.55. The number of hydrogen-bond acceptors (Lipinski definition) is 4. The number of hydrazine groups is 1. The van der Waals surface area contributed by atoms with Crippen LogP contribution < -0.4 is 10.9 Å². The van der Waals surface area contributed by atoms with Crippen LogP contribution in [0.2, 0.25) is 5.02 Å². The Morgan fingerprint density at radius 1 is 1.33 bits per heavy atom. The maximum absolute atomic E-state index is 13.0. The van der Waals surface area contributed by atoms with Gasteiger partial charge in [-0.1, -0.05) is 30.7 Å². The Morgan fingerprint density at radius 3 is 2.83 bits per heavy atom. The molecule has 3 rings (SSSR count). The van der Waals surface area contributed by atoms with Gasteiger partial charge in [-0.15, -0.1) is 0 Å². The van der Waals surface area contributed by atoms with E-state index in [1.54, 1.807) is 11.0 Å². The number of carbonyl (C=O) groups is 2. The lowest BCUT2D eigenvalue weighted by Gasteiger charge is -2.36. The molecule has 2 aliphatic rings. The lowest BCUT2D eigenvalue weighted by molar-refractivity contribution is -0.148. The topological polar surface area (TPSA) is 81.7 Å². The average Bonchev–Trinajstić information content (AvgIpc) is 3.03. The van der Waals surface area contributed by atoms with E-state index in [1.165, 1.54) is 0 Å². The number of aliphatic carboxylic acids is 1. The van der Waals surface area contributed by atoms with E-state index < -0.39 is 11.9 Å². The van der Waals surface area contributed by atoms with Gasteiger partial charge in [0.2, 0.25) is 5.91 Å². The zero-order valence-corrected chi connectivity index (χ0v) is 14.3. The first-order valence-corrected chi connectivity index (χ1v) is 8.59. The largest absolute Gasteiger partial charge is 0.481 e. The number of likely N-dealkylation sites (tertiary alicyclic amines) is 1. The van der Waals surface area contributed by atoms with Crippen LogP contribution >= 0.6 is 11.6 Å². The van der Waals surface area contributed by atoms with Gasteiger partial charge < -0.3 is 10.0 Å². The number of amides is 1. The molecule has 2 aliphatic heterocycles. The van der Waals surface area contributed by atoms with Gasteiger partial charge in [0.25, 0.3) is 0 Å². The molecule has 0 bridgehead atoms. The number of carboxylic acids is 1. The van der Waals surface area contributed by atoms with Gasteiger partial charge in [-0.3, -0.25) is 15.0 Å². The molecular weight excluding hydrogens is 330 g/mol. The van der Waals surface area contributed by atoms with E-state index in [2.05, 4.69) is 10.9 Å². The maximum atomic E-state index is 13.0. The summed E-state index contributed by atoms with van der Waals surface area (Å²) in [5.41, 5.74) is 7.14. The summed E-state index contributed by atoms with van der Waals surface area (Å²) < 4.78 is 0. The minimum atomic E-state index is -0.826. The second kappa shape index (κ2) is 7.09. The van der Waals surface area contributed by atoms with Crippen molar-refractivity contribution < 1.29 is 14.7 Å². The maximum Gasteiger partial charge on any atom is 0.308 e. The minimum absolute atomic E-state index is 0.00437. The van der Waals surface area contributed by atoms with Crippen molar-refractivity contribution >= 4 is 23.5 Å². The van der Waals surface area contributed by atoms with Crippen molar-refractivity contribution in [2.45, 2.75) is 19.4 Å². The van der Waals surface area contributed by atoms with Gasteiger partial charge in [-0.2, -0.15) is 0 Å². The highest BCUT2D eigenvalue weighted by atomic mass is 35.5. The summed E-state index contributed by atoms with van der Waals surface area (Å²) >= 11 is 6.06. The van der Waals surface area contributed by atoms with Crippen LogP contribution in [-0.2, 0) is 9.59 Å². The van der Waals surface area contributed by atoms with Crippen molar-refractivity contribution in [3.63, 3.8) is 0 Å². The summed E-state index contributed by atoms with van der Waals surface area (Å²) in [6.07, 6.45) is 0.623. The first kappa shape index (κ1) is 17.2. The molecule has 0 radical (unpaired) electrons. The number of nitrogens with one attached hydrogen (secondary N) is 2. The van der Waals surface area contributed by atoms with Gasteiger partial charge in [0, 0.05) is 24.7 Å². The average molecular weight is 352 g/mol. The first-order valence-electron chi connectivity index (χ1n) is 8.21. The number of benzene rings is 1. The molecule has 1 aromatic carbocycles. The lowest BCUT2D eigenvalue weighted by Crippen LogP contribution is -2.48. The Hall–Kier alpha value is -1.63. The molecule has 0 spiro atoms. The Balaban J connectivity index is 1.77. The molecule has 0 aliphatic carbocycles. The van der Waals surface area contributed by atoms with Crippen LogP contribution in [-0.4, -0.2) is 41.5 Å². The predicted octanol–water partition coefficient (Wildman–Crippen LogP) is 1.67. The standard InChI is InChI=1S/C17H22ClN3O3/c1-10-5-12(17(23)24)9-21(8-10)16(22)14-7-19-20-15(14)11-3-2-4-13(18)6-11/h2-4,6,10,12,14-15,19-20H,5,7-9H2,1H3,(H,23,24). The number of nitrogens with zero attached hydrogens (tertiary/aromatic N) is 1. The molecule has 0 aromatic heterocycles. The molecule has 2 heterocycles. The SMILES string of the molecule is CC1CC(C(=O)O)CN(C(=O)C2CNNC2c2cccc(Cl)c2)C1. The zero-order chi connectivity index (χ0) is 17.3. The fraction of sp³-hybridized carbons (Fsp3) is 0.529. The minimum Gasteiger partial charge on any atom is -0.481 e. The van der Waals surface area contributed by atoms with Crippen LogP contribution in [0.1, 0.15) is 24.9 Å². The highest BCUT2D eigenvalue weighted by Crippen LogP contribution is 2.30. The number of hydrogen-bond donors (Lipinski definition) is 3. The van der Waals surface area contributed by atoms with E-state index in [0.717, 1.165) is 5.56 Å². The molecule has 2 saturated heterocycles. The van der Waals surface area contributed by atoms with Crippen LogP contribution in [0.3, 0.4) is 0 Å². The van der Waals surface area contributed by atoms with E-state index in [-0.39, 0.29) is 30.3 Å². The van der Waals surface area contributed by atoms with Crippen LogP contribution in [0.5, 0.6) is 0 Å². The Kier molecular flexibility index (Phi) is 5.08. The van der Waals surface area contributed by atoms with Crippen LogP contribution in [0.4, 0.5) is 0 Å². The van der Waals surface area contributed by atoms with E-state index in [0.29, 0.717) is 24.5 Å². The number of piperidine rings is 1. The molecule has 7 heteroatoms. The predicted molar refractivity (Wildman–Crippen MR) is 90.3 cm³/mol. The summed E-state index contributed by atoms with van der Waals surface area (Å²) in [6.45, 7) is 3.41. The molecule has 3 N–H and O–H groups in total. The zero-order valence-electron chi connectivity index (χ0n) is 13.5. The van der Waals surface area contributed by atoms with Gasteiger partial charge >= 0.3 is 5.97 Å². The van der Waals surface area contributed by atoms with Gasteiger partial charge in [0.15, 0.2) is 0 Å². The number of carbonyl (C=O) groups excluding carboxylic acids is 1. The quantitative estimate of drug-likeness (QED) is 0.771. The number of halogens is 1. The Morgan fingerprint density at radius 2 is 2.12 bits per heavy atom. The van der Waals surface area contributed by atoms with Crippen LogP contribution in [0.15, 0.2) is 24.3 Å². The molecule has 4 unspecified atom stereocenters. The molecule has 4 atom stereocenters. The van der Waals surface area contributed by atoms with Crippen molar-refractivity contribution in [2.75, 3.05) is 19.6 Å². The van der Waals surface area contributed by atoms with Crippen molar-refractivity contribution in [1.82, 2.24) is 15.8 Å². The van der Waals surface area contributed by atoms with Crippen molar-refractivity contribution in [1.29, 1.82) is 0 Å². The van der Waals surface area contributed by atoms with Crippen molar-refractivity contribution in [3.05, 3.63) is 34.9 Å². The van der Waals surface area contributed by atoms with E-state index in [1.807, 2.05) is 25.1 Å². The van der Waals surface area contributed by atoms with Crippen LogP contribution in [0.25, 0.3) is 0 Å². The third-order valence-electron chi connectivity index (χ3n) is 4.83. The Labute approximate surface area is 146 Å². The van der Waals surface area contributed by atoms with E-state index in [4.69, 9.17) is 11.6 Å². The molecular formula is C17H22ClN3O3. The summed E-state index contributed by atoms with van der Waals surface area (Å²) in [5.74, 6) is -1.40. The molecule has 6 nitrogen and oxygen atoms in total. The number of rotatable bonds is 3. The number of carboxylic acid groups (broad SMARTS) is 1. The van der Waals surface area contributed by atoms with Crippen LogP contribution in [0, 0.1) is 17.8 Å². The summed E-state index contributed by atoms with van der Waals surface area (Å²) in [6, 6.07) is 7.29. The van der Waals surface area contributed by atoms with Crippen molar-refractivity contribution in [2.24, 2.45) is 17.8 Å². The molecule has 1 aromatic rings. The highest BCUT2D eigenvalue weighted by Gasteiger charge is 2.40. The normalized spacial score (nSPS) is 30.3. The van der Waals surface area contributed by atoms with E-state index in [9.17, 15) is 14.7 Å². The third-order valence-corrected chi connectivity index (χ3v) is 5.06. The van der Waals surface area contributed by atoms with Gasteiger partial charge in [-0.25, -0.2) is 5.43 Å². The smallest absolute Gasteiger partial charge is 0.308 e. The van der Waals surface area contributed by atoms with Gasteiger partial charge in [0.1, 0.15) is 0 Å². The molecule has 2 fully saturated rings. The molecule has 24 heavy (non-hydrogen) atoms. The fourth-order valence-electron chi connectivity index (χ4n) is 3.69. The monoisotopic (exact) mass is 351 g/mol. The van der Waals surface area contributed by atoms with Crippen molar-refractivity contribution in [3.8, 4) is 0 Å². The fourth-order valence-corrected chi connectivity index (χ4v) is 3.89. The second-order valence-corrected chi connectivity index (χ2v) is 7.22. The second-order valence-electron chi connectivity index (χ2n) is 6.78. The summed E-state index contributed by atoms with van der Waals surface area (Å²) in [7, 11) is 0. The molecule has 130 valence electrons.